The van der Waals surface area contributed by atoms with Gasteiger partial charge in [-0.1, -0.05) is 0 Å². The molecule has 0 aliphatic heterocycles. The molecule has 0 unspecified atom stereocenters. The number of nitrogen functional groups attached to an aromatic ring is 1. The maximum atomic E-state index is 13.2. The molecule has 0 saturated heterocycles. The number of nitrogens with two attached hydrogens (primary N) is 1. The number of hydrogen-bond acceptors (Lipinski definition) is 3. The maximum absolute atomic E-state index is 13.2. The van der Waals surface area contributed by atoms with Crippen LogP contribution in [-0.2, 0) is 6.42 Å². The highest BCUT2D eigenvalue weighted by atomic mass is 79.9. The highest BCUT2D eigenvalue weighted by Crippen LogP contribution is 2.24. The zero-order valence-electron chi connectivity index (χ0n) is 9.99. The second-order valence-electron chi connectivity index (χ2n) is 4.11. The third-order valence-corrected chi connectivity index (χ3v) is 4.48. The predicted molar refractivity (Wildman–Crippen MR) is 79.8 cm³/mol. The number of nitrogens with zero attached hydrogens (tertiary/aromatic N) is 1. The zero-order valence-corrected chi connectivity index (χ0v) is 12.4. The van der Waals surface area contributed by atoms with Gasteiger partial charge in [-0.2, -0.15) is 0 Å². The lowest BCUT2D eigenvalue weighted by Gasteiger charge is -2.20. The highest BCUT2D eigenvalue weighted by Gasteiger charge is 2.07. The summed E-state index contributed by atoms with van der Waals surface area (Å²) in [6.45, 7) is 0.806. The quantitative estimate of drug-likeness (QED) is 0.862. The molecule has 0 amide bonds. The summed E-state index contributed by atoms with van der Waals surface area (Å²) < 4.78 is 14.3. The van der Waals surface area contributed by atoms with Crippen LogP contribution in [0.4, 0.5) is 15.8 Å². The maximum Gasteiger partial charge on any atom is 0.125 e. The summed E-state index contributed by atoms with van der Waals surface area (Å²) in [6, 6.07) is 6.55. The van der Waals surface area contributed by atoms with Gasteiger partial charge in [0.05, 0.1) is 11.4 Å². The van der Waals surface area contributed by atoms with Gasteiger partial charge in [-0.15, -0.1) is 11.3 Å². The van der Waals surface area contributed by atoms with Crippen molar-refractivity contribution in [1.82, 2.24) is 0 Å². The Hall–Kier alpha value is -1.07. The molecule has 1 aromatic carbocycles. The van der Waals surface area contributed by atoms with Crippen molar-refractivity contribution in [3.63, 3.8) is 0 Å². The van der Waals surface area contributed by atoms with Crippen LogP contribution in [0.2, 0.25) is 0 Å². The first-order valence-electron chi connectivity index (χ1n) is 5.55. The molecule has 0 bridgehead atoms. The van der Waals surface area contributed by atoms with E-state index in [0.29, 0.717) is 5.69 Å². The summed E-state index contributed by atoms with van der Waals surface area (Å²) in [5.74, 6) is -0.259. The van der Waals surface area contributed by atoms with Crippen LogP contribution in [0.15, 0.2) is 34.1 Å². The molecule has 0 saturated carbocycles. The Kier molecular flexibility index (Phi) is 4.24. The normalized spacial score (nSPS) is 10.6. The standard InChI is InChI=1S/C13H14BrFN2S/c1-17(5-4-11-6-9(14)8-18-11)13-7-10(15)2-3-12(13)16/h2-3,6-8H,4-5,16H2,1H3. The summed E-state index contributed by atoms with van der Waals surface area (Å²) >= 11 is 5.15. The Bertz CT molecular complexity index is 542. The molecule has 1 aromatic heterocycles. The SMILES string of the molecule is CN(CCc1cc(Br)cs1)c1cc(F)ccc1N. The largest absolute Gasteiger partial charge is 0.397 e. The summed E-state index contributed by atoms with van der Waals surface area (Å²) in [4.78, 5) is 3.27. The molecule has 0 radical (unpaired) electrons. The van der Waals surface area contributed by atoms with Gasteiger partial charge in [0.15, 0.2) is 0 Å². The van der Waals surface area contributed by atoms with Crippen LogP contribution >= 0.6 is 27.3 Å². The van der Waals surface area contributed by atoms with E-state index in [4.69, 9.17) is 5.73 Å². The minimum absolute atomic E-state index is 0.259. The van der Waals surface area contributed by atoms with E-state index in [1.165, 1.54) is 17.0 Å². The smallest absolute Gasteiger partial charge is 0.125 e. The Labute approximate surface area is 118 Å². The number of anilines is 2. The van der Waals surface area contributed by atoms with Crippen molar-refractivity contribution < 1.29 is 4.39 Å². The van der Waals surface area contributed by atoms with Crippen molar-refractivity contribution >= 4 is 38.6 Å². The first-order valence-corrected chi connectivity index (χ1v) is 7.22. The lowest BCUT2D eigenvalue weighted by molar-refractivity contribution is 0.627. The van der Waals surface area contributed by atoms with Gasteiger partial charge in [-0.3, -0.25) is 0 Å². The molecule has 0 aliphatic carbocycles. The van der Waals surface area contributed by atoms with Crippen LogP contribution in [0.1, 0.15) is 4.88 Å². The molecule has 1 heterocycles. The van der Waals surface area contributed by atoms with Crippen LogP contribution in [0.25, 0.3) is 0 Å². The fourth-order valence-electron chi connectivity index (χ4n) is 1.73. The first kappa shape index (κ1) is 13.4. The van der Waals surface area contributed by atoms with E-state index >= 15 is 0 Å². The van der Waals surface area contributed by atoms with Crippen LogP contribution in [0.5, 0.6) is 0 Å². The molecule has 2 N–H and O–H groups in total. The average Bonchev–Trinajstić information content (AvgIpc) is 2.75. The van der Waals surface area contributed by atoms with Gasteiger partial charge in [-0.25, -0.2) is 4.39 Å². The second-order valence-corrected chi connectivity index (χ2v) is 6.02. The summed E-state index contributed by atoms with van der Waals surface area (Å²) in [5, 5.41) is 2.06. The topological polar surface area (TPSA) is 29.3 Å². The minimum atomic E-state index is -0.259. The first-order chi connectivity index (χ1) is 8.56. The molecule has 18 heavy (non-hydrogen) atoms. The van der Waals surface area contributed by atoms with E-state index < -0.39 is 0 Å². The average molecular weight is 329 g/mol. The van der Waals surface area contributed by atoms with Gasteiger partial charge in [-0.05, 0) is 46.6 Å². The Morgan fingerprint density at radius 1 is 1.39 bits per heavy atom. The van der Waals surface area contributed by atoms with Crippen molar-refractivity contribution in [3.05, 3.63) is 44.8 Å². The fourth-order valence-corrected chi connectivity index (χ4v) is 3.18. The molecule has 5 heteroatoms. The van der Waals surface area contributed by atoms with E-state index in [1.807, 2.05) is 11.9 Å². The summed E-state index contributed by atoms with van der Waals surface area (Å²) in [6.07, 6.45) is 0.919. The number of thiophene rings is 1. The molecule has 0 fully saturated rings. The van der Waals surface area contributed by atoms with Gasteiger partial charge in [0.1, 0.15) is 5.82 Å². The molecular weight excluding hydrogens is 315 g/mol. The number of hydrogen-bond donors (Lipinski definition) is 1. The molecule has 2 aromatic rings. The van der Waals surface area contributed by atoms with Gasteiger partial charge in [0.25, 0.3) is 0 Å². The number of rotatable bonds is 4. The molecule has 0 spiro atoms. The van der Waals surface area contributed by atoms with Crippen LogP contribution in [0.3, 0.4) is 0 Å². The van der Waals surface area contributed by atoms with Crippen molar-refractivity contribution in [2.24, 2.45) is 0 Å². The number of halogens is 2. The van der Waals surface area contributed by atoms with Gasteiger partial charge in [0, 0.05) is 28.3 Å². The van der Waals surface area contributed by atoms with Crippen molar-refractivity contribution in [3.8, 4) is 0 Å². The molecule has 2 nitrogen and oxygen atoms in total. The number of likely N-dealkylation sites (N-methyl/N-ethyl adjacent to an activating group) is 1. The molecule has 2 rings (SSSR count). The third-order valence-electron chi connectivity index (χ3n) is 2.72. The third kappa shape index (κ3) is 3.23. The predicted octanol–water partition coefficient (Wildman–Crippen LogP) is 3.91. The van der Waals surface area contributed by atoms with E-state index in [1.54, 1.807) is 17.4 Å². The van der Waals surface area contributed by atoms with Crippen LogP contribution in [-0.4, -0.2) is 13.6 Å². The summed E-state index contributed by atoms with van der Waals surface area (Å²) in [7, 11) is 1.92. The van der Waals surface area contributed by atoms with E-state index in [9.17, 15) is 4.39 Å². The van der Waals surface area contributed by atoms with E-state index in [-0.39, 0.29) is 5.82 Å². The van der Waals surface area contributed by atoms with Gasteiger partial charge < -0.3 is 10.6 Å². The van der Waals surface area contributed by atoms with Crippen molar-refractivity contribution in [2.45, 2.75) is 6.42 Å². The Morgan fingerprint density at radius 2 is 2.17 bits per heavy atom. The number of benzene rings is 1. The minimum Gasteiger partial charge on any atom is -0.397 e. The lowest BCUT2D eigenvalue weighted by atomic mass is 10.2. The molecular formula is C13H14BrFN2S. The Morgan fingerprint density at radius 3 is 2.83 bits per heavy atom. The van der Waals surface area contributed by atoms with Crippen LogP contribution < -0.4 is 10.6 Å². The fraction of sp³-hybridized carbons (Fsp3) is 0.231. The van der Waals surface area contributed by atoms with Crippen molar-refractivity contribution in [2.75, 3.05) is 24.2 Å². The second kappa shape index (κ2) is 5.71. The van der Waals surface area contributed by atoms with Gasteiger partial charge in [0.2, 0.25) is 0 Å². The molecule has 0 atom stereocenters. The lowest BCUT2D eigenvalue weighted by Crippen LogP contribution is -2.21. The van der Waals surface area contributed by atoms with E-state index in [0.717, 1.165) is 23.1 Å². The monoisotopic (exact) mass is 328 g/mol. The van der Waals surface area contributed by atoms with Gasteiger partial charge >= 0.3 is 0 Å². The highest BCUT2D eigenvalue weighted by molar-refractivity contribution is 9.10. The Balaban J connectivity index is 2.03. The zero-order chi connectivity index (χ0) is 13.1. The van der Waals surface area contributed by atoms with Crippen molar-refractivity contribution in [1.29, 1.82) is 0 Å². The van der Waals surface area contributed by atoms with E-state index in [2.05, 4.69) is 27.4 Å². The molecule has 0 aliphatic rings. The summed E-state index contributed by atoms with van der Waals surface area (Å²) in [5.41, 5.74) is 7.19. The van der Waals surface area contributed by atoms with Crippen LogP contribution in [0, 0.1) is 5.82 Å². The molecule has 96 valence electrons.